The van der Waals surface area contributed by atoms with Crippen molar-refractivity contribution < 1.29 is 18.7 Å². The summed E-state index contributed by atoms with van der Waals surface area (Å²) in [6.45, 7) is 2.64. The molecule has 0 radical (unpaired) electrons. The number of piperidine rings is 1. The highest BCUT2D eigenvalue weighted by molar-refractivity contribution is 5.88. The van der Waals surface area contributed by atoms with Gasteiger partial charge < -0.3 is 14.8 Å². The van der Waals surface area contributed by atoms with E-state index >= 15 is 0 Å². The highest BCUT2D eigenvalue weighted by Crippen LogP contribution is 2.38. The molecule has 2 aromatic rings. The minimum absolute atomic E-state index is 0.0203. The molecular weight excluding hydrogens is 407 g/mol. The summed E-state index contributed by atoms with van der Waals surface area (Å²) in [7, 11) is 3.82. The number of ether oxygens (including phenoxy) is 2. The highest BCUT2D eigenvalue weighted by Gasteiger charge is 2.42. The summed E-state index contributed by atoms with van der Waals surface area (Å²) in [5.74, 6) is 0.812. The molecule has 0 saturated carbocycles. The van der Waals surface area contributed by atoms with Crippen LogP contribution in [0, 0.1) is 11.7 Å². The van der Waals surface area contributed by atoms with Gasteiger partial charge in [0.25, 0.3) is 0 Å². The van der Waals surface area contributed by atoms with Gasteiger partial charge in [0.15, 0.2) is 0 Å². The minimum Gasteiger partial charge on any atom is -0.497 e. The number of halogens is 1. The summed E-state index contributed by atoms with van der Waals surface area (Å²) in [6, 6.07) is 14.9. The lowest BCUT2D eigenvalue weighted by atomic mass is 9.73. The summed E-state index contributed by atoms with van der Waals surface area (Å²) < 4.78 is 24.8. The number of hydrogen-bond donors (Lipinski definition) is 1. The number of hydrogen-bond acceptors (Lipinski definition) is 4. The summed E-state index contributed by atoms with van der Waals surface area (Å²) >= 11 is 0. The van der Waals surface area contributed by atoms with Crippen molar-refractivity contribution in [1.82, 2.24) is 10.2 Å². The van der Waals surface area contributed by atoms with E-state index in [1.54, 1.807) is 13.2 Å². The molecule has 32 heavy (non-hydrogen) atoms. The standard InChI is InChI=1S/C26H33FN2O3/c1-29-14-4-5-20(24(29)19-8-10-23(31-2)11-9-19)18-28-25(30)26(12-15-32-16-13-26)21-6-3-7-22(27)17-21/h3,6-11,17,20,24H,4-5,12-16,18H2,1-2H3,(H,28,30). The number of carbonyl (C=O) groups excluding carboxylic acids is 1. The first-order valence-corrected chi connectivity index (χ1v) is 11.5. The molecule has 2 heterocycles. The number of amides is 1. The molecule has 172 valence electrons. The van der Waals surface area contributed by atoms with Crippen molar-refractivity contribution in [2.75, 3.05) is 40.5 Å². The van der Waals surface area contributed by atoms with Gasteiger partial charge in [-0.25, -0.2) is 4.39 Å². The monoisotopic (exact) mass is 440 g/mol. The first-order chi connectivity index (χ1) is 15.5. The predicted molar refractivity (Wildman–Crippen MR) is 122 cm³/mol. The highest BCUT2D eigenvalue weighted by atomic mass is 19.1. The van der Waals surface area contributed by atoms with Crippen LogP contribution >= 0.6 is 0 Å². The van der Waals surface area contributed by atoms with E-state index in [4.69, 9.17) is 9.47 Å². The molecule has 2 aliphatic rings. The molecule has 2 unspecified atom stereocenters. The zero-order valence-electron chi connectivity index (χ0n) is 19.0. The maximum Gasteiger partial charge on any atom is 0.230 e. The fourth-order valence-electron chi connectivity index (χ4n) is 5.35. The molecule has 0 aliphatic carbocycles. The van der Waals surface area contributed by atoms with Gasteiger partial charge in [-0.3, -0.25) is 9.69 Å². The Morgan fingerprint density at radius 3 is 2.66 bits per heavy atom. The van der Waals surface area contributed by atoms with Gasteiger partial charge in [-0.2, -0.15) is 0 Å². The Bertz CT molecular complexity index is 912. The first-order valence-electron chi connectivity index (χ1n) is 11.5. The number of likely N-dealkylation sites (tertiary alicyclic amines) is 1. The third kappa shape index (κ3) is 4.66. The fourth-order valence-corrected chi connectivity index (χ4v) is 5.35. The zero-order chi connectivity index (χ0) is 22.6. The third-order valence-electron chi connectivity index (χ3n) is 7.15. The topological polar surface area (TPSA) is 50.8 Å². The Balaban J connectivity index is 1.52. The second kappa shape index (κ2) is 10.0. The van der Waals surface area contributed by atoms with E-state index in [1.165, 1.54) is 17.7 Å². The van der Waals surface area contributed by atoms with Crippen LogP contribution in [0.5, 0.6) is 5.75 Å². The van der Waals surface area contributed by atoms with Crippen molar-refractivity contribution in [2.45, 2.75) is 37.1 Å². The number of benzene rings is 2. The van der Waals surface area contributed by atoms with E-state index in [-0.39, 0.29) is 17.8 Å². The fraction of sp³-hybridized carbons (Fsp3) is 0.500. The van der Waals surface area contributed by atoms with Gasteiger partial charge in [-0.05, 0) is 80.6 Å². The molecule has 0 bridgehead atoms. The van der Waals surface area contributed by atoms with Gasteiger partial charge in [0.05, 0.1) is 12.5 Å². The Labute approximate surface area is 189 Å². The van der Waals surface area contributed by atoms with Gasteiger partial charge >= 0.3 is 0 Å². The van der Waals surface area contributed by atoms with Crippen LogP contribution in [0.2, 0.25) is 0 Å². The molecule has 1 amide bonds. The molecule has 6 heteroatoms. The van der Waals surface area contributed by atoms with E-state index < -0.39 is 5.41 Å². The number of carbonyl (C=O) groups is 1. The Hall–Kier alpha value is -2.44. The maximum absolute atomic E-state index is 14.0. The average molecular weight is 441 g/mol. The molecule has 2 saturated heterocycles. The smallest absolute Gasteiger partial charge is 0.230 e. The van der Waals surface area contributed by atoms with Crippen LogP contribution in [-0.4, -0.2) is 51.3 Å². The Morgan fingerprint density at radius 1 is 1.22 bits per heavy atom. The number of rotatable bonds is 6. The molecule has 4 rings (SSSR count). The maximum atomic E-state index is 14.0. The lowest BCUT2D eigenvalue weighted by molar-refractivity contribution is -0.130. The van der Waals surface area contributed by atoms with Crippen molar-refractivity contribution in [2.24, 2.45) is 5.92 Å². The quantitative estimate of drug-likeness (QED) is 0.735. The number of methoxy groups -OCH3 is 1. The summed E-state index contributed by atoms with van der Waals surface area (Å²) in [5.41, 5.74) is 1.24. The number of nitrogens with zero attached hydrogens (tertiary/aromatic N) is 1. The van der Waals surface area contributed by atoms with Crippen molar-refractivity contribution in [3.05, 3.63) is 65.5 Å². The van der Waals surface area contributed by atoms with Crippen LogP contribution < -0.4 is 10.1 Å². The molecule has 0 spiro atoms. The zero-order valence-corrected chi connectivity index (χ0v) is 19.0. The van der Waals surface area contributed by atoms with E-state index in [1.807, 2.05) is 18.2 Å². The minimum atomic E-state index is -0.740. The average Bonchev–Trinajstić information content (AvgIpc) is 2.83. The summed E-state index contributed by atoms with van der Waals surface area (Å²) in [6.07, 6.45) is 3.29. The van der Waals surface area contributed by atoms with Crippen LogP contribution in [0.3, 0.4) is 0 Å². The molecule has 2 fully saturated rings. The SMILES string of the molecule is COc1ccc(C2C(CNC(=O)C3(c4cccc(F)c4)CCOCC3)CCCN2C)cc1. The van der Waals surface area contributed by atoms with Crippen LogP contribution in [-0.2, 0) is 14.9 Å². The van der Waals surface area contributed by atoms with E-state index in [9.17, 15) is 9.18 Å². The largest absolute Gasteiger partial charge is 0.497 e. The van der Waals surface area contributed by atoms with Crippen LogP contribution in [0.4, 0.5) is 4.39 Å². The van der Waals surface area contributed by atoms with E-state index in [2.05, 4.69) is 29.4 Å². The third-order valence-corrected chi connectivity index (χ3v) is 7.15. The summed E-state index contributed by atoms with van der Waals surface area (Å²) in [5, 5.41) is 3.26. The van der Waals surface area contributed by atoms with Gasteiger partial charge in [0.1, 0.15) is 11.6 Å². The molecule has 5 nitrogen and oxygen atoms in total. The second-order valence-corrected chi connectivity index (χ2v) is 9.02. The molecule has 2 atom stereocenters. The second-order valence-electron chi connectivity index (χ2n) is 9.02. The lowest BCUT2D eigenvalue weighted by Crippen LogP contribution is -2.50. The normalized spacial score (nSPS) is 23.5. The van der Waals surface area contributed by atoms with Crippen LogP contribution in [0.25, 0.3) is 0 Å². The van der Waals surface area contributed by atoms with Crippen molar-refractivity contribution >= 4 is 5.91 Å². The number of nitrogens with one attached hydrogen (secondary N) is 1. The van der Waals surface area contributed by atoms with Gasteiger partial charge in [0.2, 0.25) is 5.91 Å². The van der Waals surface area contributed by atoms with E-state index in [0.29, 0.717) is 38.5 Å². The lowest BCUT2D eigenvalue weighted by Gasteiger charge is -2.41. The van der Waals surface area contributed by atoms with Crippen molar-refractivity contribution in [3.63, 3.8) is 0 Å². The Kier molecular flexibility index (Phi) is 7.11. The predicted octanol–water partition coefficient (Wildman–Crippen LogP) is 4.08. The van der Waals surface area contributed by atoms with Crippen LogP contribution in [0.15, 0.2) is 48.5 Å². The van der Waals surface area contributed by atoms with Crippen molar-refractivity contribution in [3.8, 4) is 5.75 Å². The van der Waals surface area contributed by atoms with Gasteiger partial charge in [-0.15, -0.1) is 0 Å². The molecule has 0 aromatic heterocycles. The molecule has 2 aromatic carbocycles. The molecule has 1 N–H and O–H groups in total. The van der Waals surface area contributed by atoms with Gasteiger partial charge in [-0.1, -0.05) is 24.3 Å². The van der Waals surface area contributed by atoms with Crippen molar-refractivity contribution in [1.29, 1.82) is 0 Å². The Morgan fingerprint density at radius 2 is 1.97 bits per heavy atom. The first kappa shape index (κ1) is 22.7. The molecular formula is C26H33FN2O3. The van der Waals surface area contributed by atoms with Crippen LogP contribution in [0.1, 0.15) is 42.9 Å². The summed E-state index contributed by atoms with van der Waals surface area (Å²) in [4.78, 5) is 15.9. The molecule has 2 aliphatic heterocycles. The van der Waals surface area contributed by atoms with E-state index in [0.717, 1.165) is 30.7 Å². The van der Waals surface area contributed by atoms with Gasteiger partial charge in [0, 0.05) is 25.8 Å².